The zero-order valence-electron chi connectivity index (χ0n) is 8.53. The zero-order valence-corrected chi connectivity index (χ0v) is 10.1. The molecule has 0 aromatic heterocycles. The molecular weight excluding hydrogens is 234 g/mol. The molecule has 0 saturated heterocycles. The monoisotopic (exact) mass is 247 g/mol. The van der Waals surface area contributed by atoms with Gasteiger partial charge in [0.1, 0.15) is 0 Å². The molecular formula is C10H14ClNO2S. The van der Waals surface area contributed by atoms with E-state index in [1.807, 2.05) is 6.07 Å². The van der Waals surface area contributed by atoms with Gasteiger partial charge in [0.05, 0.1) is 12.4 Å². The van der Waals surface area contributed by atoms with E-state index in [4.69, 9.17) is 22.1 Å². The van der Waals surface area contributed by atoms with Crippen LogP contribution in [0.4, 0.5) is 5.69 Å². The Morgan fingerprint density at radius 1 is 1.53 bits per heavy atom. The van der Waals surface area contributed by atoms with E-state index in [9.17, 15) is 4.21 Å². The molecule has 0 saturated carbocycles. The summed E-state index contributed by atoms with van der Waals surface area (Å²) >= 11 is 5.96. The average molecular weight is 248 g/mol. The van der Waals surface area contributed by atoms with Gasteiger partial charge in [0, 0.05) is 34.4 Å². The first-order valence-corrected chi connectivity index (χ1v) is 6.38. The lowest BCUT2D eigenvalue weighted by atomic mass is 10.2. The maximum absolute atomic E-state index is 11.5. The van der Waals surface area contributed by atoms with Crippen molar-refractivity contribution in [3.63, 3.8) is 0 Å². The normalized spacial score (nSPS) is 12.7. The summed E-state index contributed by atoms with van der Waals surface area (Å²) in [6.07, 6.45) is 0. The predicted octanol–water partition coefficient (Wildman–Crippen LogP) is 1.82. The lowest BCUT2D eigenvalue weighted by Gasteiger charge is -2.05. The molecule has 1 rings (SSSR count). The van der Waals surface area contributed by atoms with Gasteiger partial charge in [0.2, 0.25) is 0 Å². The van der Waals surface area contributed by atoms with E-state index < -0.39 is 10.8 Å². The van der Waals surface area contributed by atoms with Crippen molar-refractivity contribution in [3.05, 3.63) is 28.8 Å². The van der Waals surface area contributed by atoms with Gasteiger partial charge < -0.3 is 10.5 Å². The lowest BCUT2D eigenvalue weighted by Crippen LogP contribution is -2.06. The Morgan fingerprint density at radius 3 is 2.87 bits per heavy atom. The first kappa shape index (κ1) is 12.5. The Kier molecular flexibility index (Phi) is 5.08. The molecule has 1 aromatic carbocycles. The fourth-order valence-electron chi connectivity index (χ4n) is 1.10. The highest BCUT2D eigenvalue weighted by molar-refractivity contribution is 7.84. The number of rotatable bonds is 5. The topological polar surface area (TPSA) is 52.3 Å². The van der Waals surface area contributed by atoms with Gasteiger partial charge in [0.15, 0.2) is 0 Å². The van der Waals surface area contributed by atoms with Crippen LogP contribution in [-0.4, -0.2) is 23.7 Å². The van der Waals surface area contributed by atoms with Gasteiger partial charge in [-0.05, 0) is 17.7 Å². The number of methoxy groups -OCH3 is 1. The van der Waals surface area contributed by atoms with Gasteiger partial charge in [-0.3, -0.25) is 4.21 Å². The number of benzene rings is 1. The first-order chi connectivity index (χ1) is 7.13. The molecule has 0 amide bonds. The minimum atomic E-state index is -0.938. The number of nitrogens with two attached hydrogens (primary N) is 1. The maximum Gasteiger partial charge on any atom is 0.0577 e. The quantitative estimate of drug-likeness (QED) is 0.808. The van der Waals surface area contributed by atoms with Gasteiger partial charge in [-0.15, -0.1) is 0 Å². The number of halogens is 1. The van der Waals surface area contributed by atoms with Crippen LogP contribution in [0.2, 0.25) is 5.02 Å². The third-order valence-corrected chi connectivity index (χ3v) is 3.52. The van der Waals surface area contributed by atoms with Gasteiger partial charge >= 0.3 is 0 Å². The fraction of sp³-hybridized carbons (Fsp3) is 0.400. The molecule has 0 bridgehead atoms. The van der Waals surface area contributed by atoms with Crippen LogP contribution in [0.25, 0.3) is 0 Å². The van der Waals surface area contributed by atoms with Crippen molar-refractivity contribution < 1.29 is 8.95 Å². The highest BCUT2D eigenvalue weighted by atomic mass is 35.5. The lowest BCUT2D eigenvalue weighted by molar-refractivity contribution is 0.218. The summed E-state index contributed by atoms with van der Waals surface area (Å²) in [5.74, 6) is 0.972. The van der Waals surface area contributed by atoms with E-state index in [0.717, 1.165) is 5.56 Å². The summed E-state index contributed by atoms with van der Waals surface area (Å²) < 4.78 is 16.4. The van der Waals surface area contributed by atoms with Gasteiger partial charge in [-0.2, -0.15) is 0 Å². The molecule has 1 aromatic rings. The number of anilines is 1. The standard InChI is InChI=1S/C10H14ClNO2S/c1-14-4-5-15(13)7-8-2-3-9(12)6-10(8)11/h2-3,6H,4-5,7,12H2,1H3. The summed E-state index contributed by atoms with van der Waals surface area (Å²) in [4.78, 5) is 0. The Bertz CT molecular complexity index is 357. The Labute approximate surface area is 97.0 Å². The van der Waals surface area contributed by atoms with Gasteiger partial charge in [-0.1, -0.05) is 17.7 Å². The molecule has 0 fully saturated rings. The molecule has 84 valence electrons. The van der Waals surface area contributed by atoms with Crippen LogP contribution in [0.3, 0.4) is 0 Å². The zero-order chi connectivity index (χ0) is 11.3. The minimum absolute atomic E-state index is 0.447. The van der Waals surface area contributed by atoms with E-state index in [-0.39, 0.29) is 0 Å². The van der Waals surface area contributed by atoms with Crippen LogP contribution in [0.1, 0.15) is 5.56 Å². The summed E-state index contributed by atoms with van der Waals surface area (Å²) in [6, 6.07) is 5.24. The van der Waals surface area contributed by atoms with E-state index in [2.05, 4.69) is 0 Å². The van der Waals surface area contributed by atoms with Crippen LogP contribution < -0.4 is 5.73 Å². The number of hydrogen-bond acceptors (Lipinski definition) is 3. The van der Waals surface area contributed by atoms with Crippen molar-refractivity contribution in [1.82, 2.24) is 0 Å². The summed E-state index contributed by atoms with van der Waals surface area (Å²) in [6.45, 7) is 0.499. The fourth-order valence-corrected chi connectivity index (χ4v) is 2.53. The van der Waals surface area contributed by atoms with E-state index in [0.29, 0.717) is 28.8 Å². The van der Waals surface area contributed by atoms with Crippen molar-refractivity contribution >= 4 is 28.1 Å². The van der Waals surface area contributed by atoms with Crippen molar-refractivity contribution in [2.75, 3.05) is 25.2 Å². The van der Waals surface area contributed by atoms with Crippen molar-refractivity contribution in [2.24, 2.45) is 0 Å². The Hall–Kier alpha value is -0.580. The molecule has 15 heavy (non-hydrogen) atoms. The molecule has 0 aliphatic rings. The maximum atomic E-state index is 11.5. The third kappa shape index (κ3) is 4.20. The molecule has 1 atom stereocenters. The van der Waals surface area contributed by atoms with Crippen LogP contribution in [0.5, 0.6) is 0 Å². The second-order valence-electron chi connectivity index (χ2n) is 3.13. The number of hydrogen-bond donors (Lipinski definition) is 1. The van der Waals surface area contributed by atoms with Crippen LogP contribution in [-0.2, 0) is 21.3 Å². The first-order valence-electron chi connectivity index (χ1n) is 4.51. The summed E-state index contributed by atoms with van der Waals surface area (Å²) in [5.41, 5.74) is 7.04. The molecule has 1 unspecified atom stereocenters. The van der Waals surface area contributed by atoms with Crippen molar-refractivity contribution in [2.45, 2.75) is 5.75 Å². The third-order valence-electron chi connectivity index (χ3n) is 1.91. The molecule has 5 heteroatoms. The van der Waals surface area contributed by atoms with Crippen LogP contribution in [0, 0.1) is 0 Å². The van der Waals surface area contributed by atoms with E-state index in [1.54, 1.807) is 19.2 Å². The highest BCUT2D eigenvalue weighted by Gasteiger charge is 2.05. The molecule has 0 spiro atoms. The van der Waals surface area contributed by atoms with Crippen molar-refractivity contribution in [3.8, 4) is 0 Å². The van der Waals surface area contributed by atoms with Crippen molar-refractivity contribution in [1.29, 1.82) is 0 Å². The average Bonchev–Trinajstić information content (AvgIpc) is 2.19. The molecule has 0 aliphatic carbocycles. The highest BCUT2D eigenvalue weighted by Crippen LogP contribution is 2.20. The van der Waals surface area contributed by atoms with E-state index in [1.165, 1.54) is 0 Å². The number of nitrogen functional groups attached to an aromatic ring is 1. The van der Waals surface area contributed by atoms with Crippen LogP contribution >= 0.6 is 11.6 Å². The predicted molar refractivity (Wildman–Crippen MR) is 64.5 cm³/mol. The summed E-state index contributed by atoms with van der Waals surface area (Å²) in [7, 11) is 0.653. The smallest absolute Gasteiger partial charge is 0.0577 e. The SMILES string of the molecule is COCCS(=O)Cc1ccc(N)cc1Cl. The van der Waals surface area contributed by atoms with Crippen LogP contribution in [0.15, 0.2) is 18.2 Å². The largest absolute Gasteiger partial charge is 0.399 e. The second kappa shape index (κ2) is 6.10. The minimum Gasteiger partial charge on any atom is -0.399 e. The molecule has 3 nitrogen and oxygen atoms in total. The van der Waals surface area contributed by atoms with E-state index >= 15 is 0 Å². The number of ether oxygens (including phenoxy) is 1. The van der Waals surface area contributed by atoms with Gasteiger partial charge in [-0.25, -0.2) is 0 Å². The molecule has 0 radical (unpaired) electrons. The Balaban J connectivity index is 2.60. The molecule has 0 heterocycles. The molecule has 0 aliphatic heterocycles. The second-order valence-corrected chi connectivity index (χ2v) is 5.12. The summed E-state index contributed by atoms with van der Waals surface area (Å²) in [5, 5.41) is 0.570. The molecule has 2 N–H and O–H groups in total. The van der Waals surface area contributed by atoms with Gasteiger partial charge in [0.25, 0.3) is 0 Å². The Morgan fingerprint density at radius 2 is 2.27 bits per heavy atom.